The number of nitrogens with two attached hydrogens (primary N) is 1. The van der Waals surface area contributed by atoms with E-state index in [-0.39, 0.29) is 0 Å². The van der Waals surface area contributed by atoms with Crippen LogP contribution in [-0.4, -0.2) is 49.6 Å². The van der Waals surface area contributed by atoms with Gasteiger partial charge in [-0.15, -0.1) is 0 Å². The molecule has 0 aliphatic rings. The number of rotatable bonds is 10. The molecule has 54 heavy (non-hydrogen) atoms. The van der Waals surface area contributed by atoms with Crippen molar-refractivity contribution in [3.63, 3.8) is 0 Å². The number of urea groups is 1. The molecule has 2 amide bonds. The molecule has 3 heterocycles. The maximum atomic E-state index is 12.0. The number of fused-ring (bicyclic) bond motifs is 2. The third kappa shape index (κ3) is 8.52. The molecule has 0 unspecified atom stereocenters. The van der Waals surface area contributed by atoms with E-state index in [2.05, 4.69) is 30.3 Å². The highest BCUT2D eigenvalue weighted by Crippen LogP contribution is 2.40. The minimum atomic E-state index is -0.486. The van der Waals surface area contributed by atoms with Gasteiger partial charge in [-0.3, -0.25) is 15.3 Å². The number of hydrogen-bond donors (Lipinski definition) is 3. The predicted octanol–water partition coefficient (Wildman–Crippen LogP) is 9.61. The number of benzene rings is 4. The Hall–Kier alpha value is -6.64. The van der Waals surface area contributed by atoms with Crippen molar-refractivity contribution in [1.82, 2.24) is 15.1 Å². The summed E-state index contributed by atoms with van der Waals surface area (Å²) in [5.41, 5.74) is 8.16. The van der Waals surface area contributed by atoms with Crippen molar-refractivity contribution < 1.29 is 37.7 Å². The van der Waals surface area contributed by atoms with Crippen LogP contribution < -0.4 is 44.8 Å². The zero-order valence-electron chi connectivity index (χ0n) is 29.2. The van der Waals surface area contributed by atoms with Gasteiger partial charge in [0.15, 0.2) is 28.8 Å². The fourth-order valence-electron chi connectivity index (χ4n) is 5.13. The Morgan fingerprint density at radius 3 is 1.61 bits per heavy atom. The van der Waals surface area contributed by atoms with Crippen molar-refractivity contribution in [3.05, 3.63) is 108 Å². The molecule has 3 aromatic heterocycles. The first-order valence-corrected chi connectivity index (χ1v) is 16.6. The summed E-state index contributed by atoms with van der Waals surface area (Å²) < 4.78 is 37.9. The summed E-state index contributed by atoms with van der Waals surface area (Å²) in [6, 6.07) is 21.7. The first kappa shape index (κ1) is 37.1. The van der Waals surface area contributed by atoms with Gasteiger partial charge >= 0.3 is 6.03 Å². The summed E-state index contributed by atoms with van der Waals surface area (Å²) >= 11 is 12.6. The third-order valence-corrected chi connectivity index (χ3v) is 8.27. The van der Waals surface area contributed by atoms with Crippen molar-refractivity contribution in [3.8, 4) is 46.0 Å². The van der Waals surface area contributed by atoms with Gasteiger partial charge in [-0.2, -0.15) is 0 Å². The number of aromatic nitrogens is 3. The van der Waals surface area contributed by atoms with Crippen molar-refractivity contribution in [1.29, 1.82) is 0 Å². The van der Waals surface area contributed by atoms with Gasteiger partial charge in [0, 0.05) is 52.7 Å². The van der Waals surface area contributed by atoms with Gasteiger partial charge in [0.1, 0.15) is 29.3 Å². The second-order valence-corrected chi connectivity index (χ2v) is 11.9. The fourth-order valence-corrected chi connectivity index (χ4v) is 5.57. The van der Waals surface area contributed by atoms with Crippen LogP contribution in [0.5, 0.6) is 46.0 Å². The van der Waals surface area contributed by atoms with E-state index in [1.807, 2.05) is 6.07 Å². The van der Waals surface area contributed by atoms with Crippen molar-refractivity contribution in [2.24, 2.45) is 0 Å². The second-order valence-electron chi connectivity index (χ2n) is 11.1. The lowest BCUT2D eigenvalue weighted by Gasteiger charge is -2.13. The van der Waals surface area contributed by atoms with Crippen LogP contribution in [0.4, 0.5) is 22.0 Å². The molecular formula is C38H32Cl2N6O8. The van der Waals surface area contributed by atoms with E-state index in [4.69, 9.17) is 57.4 Å². The highest BCUT2D eigenvalue weighted by molar-refractivity contribution is 6.32. The van der Waals surface area contributed by atoms with Gasteiger partial charge in [0.25, 0.3) is 0 Å². The summed E-state index contributed by atoms with van der Waals surface area (Å²) in [5.74, 6) is 4.69. The van der Waals surface area contributed by atoms with Gasteiger partial charge in [-0.25, -0.2) is 4.79 Å². The molecular weight excluding hydrogens is 739 g/mol. The first-order chi connectivity index (χ1) is 26.2. The number of carbonyl (C=O) groups is 1. The minimum absolute atomic E-state index is 0.292. The molecule has 0 radical (unpaired) electrons. The molecule has 16 heteroatoms. The SMILES string of the molecule is COc1cc2nccc(Oc3ccc(N)cc3Cl)c2cc1OC.COc1cc2nccc(Oc3ccc(NC(=O)Nc4ccon4)cc3Cl)c2cc1OC. The van der Waals surface area contributed by atoms with Gasteiger partial charge in [0.2, 0.25) is 0 Å². The molecule has 0 aliphatic carbocycles. The molecule has 0 saturated carbocycles. The zero-order valence-corrected chi connectivity index (χ0v) is 30.7. The lowest BCUT2D eigenvalue weighted by molar-refractivity contribution is 0.262. The molecule has 7 aromatic rings. The largest absolute Gasteiger partial charge is 0.493 e. The molecule has 0 fully saturated rings. The smallest absolute Gasteiger partial charge is 0.324 e. The maximum absolute atomic E-state index is 12.0. The van der Waals surface area contributed by atoms with Gasteiger partial charge in [-0.1, -0.05) is 28.4 Å². The minimum Gasteiger partial charge on any atom is -0.493 e. The van der Waals surface area contributed by atoms with Crippen LogP contribution in [0, 0.1) is 0 Å². The Labute approximate surface area is 318 Å². The molecule has 0 atom stereocenters. The number of amides is 2. The number of ether oxygens (including phenoxy) is 6. The van der Waals surface area contributed by atoms with Crippen LogP contribution in [0.15, 0.2) is 102 Å². The van der Waals surface area contributed by atoms with E-state index in [9.17, 15) is 4.79 Å². The number of methoxy groups -OCH3 is 4. The summed E-state index contributed by atoms with van der Waals surface area (Å²) in [6.07, 6.45) is 4.64. The van der Waals surface area contributed by atoms with E-state index >= 15 is 0 Å². The molecule has 14 nitrogen and oxygen atoms in total. The number of hydrogen-bond acceptors (Lipinski definition) is 12. The van der Waals surface area contributed by atoms with Crippen LogP contribution in [-0.2, 0) is 0 Å². The third-order valence-electron chi connectivity index (χ3n) is 7.68. The number of nitrogens with zero attached hydrogens (tertiary/aromatic N) is 3. The van der Waals surface area contributed by atoms with E-state index in [1.165, 1.54) is 12.3 Å². The molecule has 0 bridgehead atoms. The Kier molecular flexibility index (Phi) is 11.5. The van der Waals surface area contributed by atoms with Crippen molar-refractivity contribution >= 4 is 68.2 Å². The quantitative estimate of drug-likeness (QED) is 0.113. The number of nitrogen functional groups attached to an aromatic ring is 1. The van der Waals surface area contributed by atoms with E-state index < -0.39 is 6.03 Å². The number of carbonyl (C=O) groups excluding carboxylic acids is 1. The molecule has 0 aliphatic heterocycles. The summed E-state index contributed by atoms with van der Waals surface area (Å²) in [6.45, 7) is 0. The van der Waals surface area contributed by atoms with Gasteiger partial charge < -0.3 is 44.0 Å². The molecule has 0 spiro atoms. The normalized spacial score (nSPS) is 10.6. The van der Waals surface area contributed by atoms with Crippen molar-refractivity contribution in [2.45, 2.75) is 0 Å². The number of anilines is 3. The topological polar surface area (TPSA) is 174 Å². The lowest BCUT2D eigenvalue weighted by atomic mass is 10.2. The summed E-state index contributed by atoms with van der Waals surface area (Å²) in [7, 11) is 6.28. The Bertz CT molecular complexity index is 2430. The van der Waals surface area contributed by atoms with Gasteiger partial charge in [-0.05, 0) is 60.7 Å². The van der Waals surface area contributed by atoms with Crippen LogP contribution in [0.2, 0.25) is 10.0 Å². The molecule has 4 N–H and O–H groups in total. The number of nitrogens with one attached hydrogen (secondary N) is 2. The van der Waals surface area contributed by atoms with E-state index in [1.54, 1.807) is 108 Å². The van der Waals surface area contributed by atoms with Crippen LogP contribution in [0.25, 0.3) is 21.8 Å². The van der Waals surface area contributed by atoms with Crippen molar-refractivity contribution in [2.75, 3.05) is 44.8 Å². The van der Waals surface area contributed by atoms with E-state index in [0.29, 0.717) is 78.8 Å². The zero-order chi connectivity index (χ0) is 38.2. The Morgan fingerprint density at radius 2 is 1.13 bits per heavy atom. The standard InChI is InChI=1S/C21H17ClN4O5.C17H15ClN2O3/c1-28-18-10-13-15(11-19(18)29-2)23-7-5-16(13)31-17-4-3-12(9-14(17)22)24-21(27)25-20-6-8-30-26-20;1-21-16-8-11-13(9-17(16)22-2)20-6-5-14(11)23-15-4-3-10(19)7-12(15)18/h3-11H,1-2H3,(H2,24,25,26,27);3-9H,19H2,1-2H3. The molecule has 7 rings (SSSR count). The highest BCUT2D eigenvalue weighted by atomic mass is 35.5. The second kappa shape index (κ2) is 16.8. The van der Waals surface area contributed by atoms with Crippen LogP contribution in [0.3, 0.4) is 0 Å². The van der Waals surface area contributed by atoms with Crippen LogP contribution in [0.1, 0.15) is 0 Å². The molecule has 276 valence electrons. The Balaban J connectivity index is 0.000000193. The molecule has 0 saturated heterocycles. The average Bonchev–Trinajstić information content (AvgIpc) is 3.69. The number of halogens is 2. The lowest BCUT2D eigenvalue weighted by Crippen LogP contribution is -2.19. The predicted molar refractivity (Wildman–Crippen MR) is 206 cm³/mol. The Morgan fingerprint density at radius 1 is 0.611 bits per heavy atom. The summed E-state index contributed by atoms with van der Waals surface area (Å²) in [4.78, 5) is 20.7. The number of pyridine rings is 2. The monoisotopic (exact) mass is 770 g/mol. The van der Waals surface area contributed by atoms with Crippen LogP contribution >= 0.6 is 23.2 Å². The van der Waals surface area contributed by atoms with E-state index in [0.717, 1.165) is 16.3 Å². The summed E-state index contributed by atoms with van der Waals surface area (Å²) in [5, 5.41) is 11.1. The molecule has 4 aromatic carbocycles. The fraction of sp³-hybridized carbons (Fsp3) is 0.105. The average molecular weight is 772 g/mol. The maximum Gasteiger partial charge on any atom is 0.324 e. The highest BCUT2D eigenvalue weighted by Gasteiger charge is 2.15. The van der Waals surface area contributed by atoms with Gasteiger partial charge in [0.05, 0.1) is 49.5 Å². The first-order valence-electron chi connectivity index (χ1n) is 15.9.